The van der Waals surface area contributed by atoms with Crippen LogP contribution in [0.3, 0.4) is 0 Å². The third-order valence-electron chi connectivity index (χ3n) is 3.31. The summed E-state index contributed by atoms with van der Waals surface area (Å²) in [5.41, 5.74) is 0.522. The van der Waals surface area contributed by atoms with Crippen LogP contribution >= 0.6 is 0 Å². The molecule has 0 aliphatic carbocycles. The molecule has 2 N–H and O–H groups in total. The molecule has 1 aliphatic rings. The highest BCUT2D eigenvalue weighted by atomic mass is 16.4. The van der Waals surface area contributed by atoms with Crippen molar-refractivity contribution >= 4 is 5.97 Å². The normalized spacial score (nSPS) is 18.0. The maximum Gasteiger partial charge on any atom is 0.328 e. The average Bonchev–Trinajstić information content (AvgIpc) is 2.82. The van der Waals surface area contributed by atoms with E-state index in [1.807, 2.05) is 0 Å². The van der Waals surface area contributed by atoms with Crippen LogP contribution in [0.2, 0.25) is 0 Å². The number of para-hydroxylation sites is 1. The Morgan fingerprint density at radius 2 is 2.16 bits per heavy atom. The third-order valence-corrected chi connectivity index (χ3v) is 3.31. The Morgan fingerprint density at radius 3 is 2.89 bits per heavy atom. The number of aryl methyl sites for hydroxylation is 1. The molecule has 6 heteroatoms. The Labute approximate surface area is 109 Å². The molecule has 0 bridgehead atoms. The van der Waals surface area contributed by atoms with Crippen LogP contribution in [0.1, 0.15) is 24.7 Å². The molecule has 0 amide bonds. The molecular weight excluding hydrogens is 246 g/mol. The number of aliphatic carboxylic acids is 1. The fourth-order valence-corrected chi connectivity index (χ4v) is 2.36. The summed E-state index contributed by atoms with van der Waals surface area (Å²) in [6.07, 6.45) is 2.06. The van der Waals surface area contributed by atoms with E-state index in [-0.39, 0.29) is 5.75 Å². The maximum atomic E-state index is 11.2. The van der Waals surface area contributed by atoms with Crippen molar-refractivity contribution in [3.8, 4) is 17.1 Å². The summed E-state index contributed by atoms with van der Waals surface area (Å²) < 4.78 is 1.47. The van der Waals surface area contributed by atoms with E-state index < -0.39 is 12.0 Å². The number of benzene rings is 1. The number of hydrogen-bond acceptors (Lipinski definition) is 4. The van der Waals surface area contributed by atoms with Crippen LogP contribution in [0, 0.1) is 0 Å². The van der Waals surface area contributed by atoms with Gasteiger partial charge < -0.3 is 10.2 Å². The number of carbonyl (C=O) groups is 1. The molecule has 1 atom stereocenters. The lowest BCUT2D eigenvalue weighted by Crippen LogP contribution is -2.25. The lowest BCUT2D eigenvalue weighted by atomic mass is 10.1. The molecule has 3 rings (SSSR count). The molecule has 0 spiro atoms. The van der Waals surface area contributed by atoms with Gasteiger partial charge in [-0.05, 0) is 25.0 Å². The first-order valence-electron chi connectivity index (χ1n) is 6.13. The molecule has 0 saturated heterocycles. The van der Waals surface area contributed by atoms with E-state index in [2.05, 4.69) is 10.1 Å². The van der Waals surface area contributed by atoms with E-state index in [0.29, 0.717) is 30.1 Å². The Morgan fingerprint density at radius 1 is 1.37 bits per heavy atom. The first-order valence-corrected chi connectivity index (χ1v) is 6.13. The van der Waals surface area contributed by atoms with Gasteiger partial charge in [0.15, 0.2) is 11.9 Å². The molecule has 1 aliphatic heterocycles. The second-order valence-electron chi connectivity index (χ2n) is 4.56. The fraction of sp³-hybridized carbons (Fsp3) is 0.308. The van der Waals surface area contributed by atoms with Crippen LogP contribution in [-0.2, 0) is 11.2 Å². The maximum absolute atomic E-state index is 11.2. The predicted molar refractivity (Wildman–Crippen MR) is 66.7 cm³/mol. The van der Waals surface area contributed by atoms with E-state index in [1.165, 1.54) is 4.68 Å². The van der Waals surface area contributed by atoms with E-state index in [4.69, 9.17) is 0 Å². The lowest BCUT2D eigenvalue weighted by Gasteiger charge is -2.19. The van der Waals surface area contributed by atoms with E-state index in [1.54, 1.807) is 24.3 Å². The number of hydrogen-bond donors (Lipinski definition) is 2. The Kier molecular flexibility index (Phi) is 2.70. The van der Waals surface area contributed by atoms with Gasteiger partial charge in [-0.3, -0.25) is 0 Å². The largest absolute Gasteiger partial charge is 0.507 e. The van der Waals surface area contributed by atoms with Crippen LogP contribution in [0.25, 0.3) is 11.4 Å². The molecule has 98 valence electrons. The number of fused-ring (bicyclic) bond motifs is 1. The zero-order valence-corrected chi connectivity index (χ0v) is 10.2. The van der Waals surface area contributed by atoms with Crippen molar-refractivity contribution in [3.05, 3.63) is 30.1 Å². The van der Waals surface area contributed by atoms with E-state index in [9.17, 15) is 15.0 Å². The third kappa shape index (κ3) is 1.95. The highest BCUT2D eigenvalue weighted by molar-refractivity contribution is 5.72. The summed E-state index contributed by atoms with van der Waals surface area (Å²) in [6, 6.07) is 6.12. The summed E-state index contributed by atoms with van der Waals surface area (Å²) in [7, 11) is 0. The Bertz CT molecular complexity index is 636. The van der Waals surface area contributed by atoms with Crippen LogP contribution < -0.4 is 0 Å². The van der Waals surface area contributed by atoms with Crippen molar-refractivity contribution in [2.24, 2.45) is 0 Å². The number of rotatable bonds is 2. The van der Waals surface area contributed by atoms with Crippen LogP contribution in [0.5, 0.6) is 5.75 Å². The number of nitrogens with zero attached hydrogens (tertiary/aromatic N) is 3. The first-order chi connectivity index (χ1) is 9.16. The topological polar surface area (TPSA) is 88.2 Å². The van der Waals surface area contributed by atoms with E-state index in [0.717, 1.165) is 6.42 Å². The zero-order chi connectivity index (χ0) is 13.4. The van der Waals surface area contributed by atoms with Crippen molar-refractivity contribution in [2.45, 2.75) is 25.3 Å². The molecule has 2 heterocycles. The highest BCUT2D eigenvalue weighted by Crippen LogP contribution is 2.30. The minimum Gasteiger partial charge on any atom is -0.507 e. The molecule has 0 fully saturated rings. The Balaban J connectivity index is 2.07. The minimum absolute atomic E-state index is 0.0947. The number of carboxylic acid groups (broad SMARTS) is 1. The average molecular weight is 259 g/mol. The number of phenolic OH excluding ortho intramolecular Hbond substituents is 1. The van der Waals surface area contributed by atoms with Gasteiger partial charge in [0.25, 0.3) is 0 Å². The predicted octanol–water partition coefficient (Wildman–Crippen LogP) is 1.61. The zero-order valence-electron chi connectivity index (χ0n) is 10.2. The molecule has 2 aromatic rings. The van der Waals surface area contributed by atoms with Gasteiger partial charge in [0.05, 0.1) is 5.56 Å². The molecule has 0 saturated carbocycles. The Hall–Kier alpha value is -2.37. The van der Waals surface area contributed by atoms with Crippen LogP contribution in [0.15, 0.2) is 24.3 Å². The van der Waals surface area contributed by atoms with Crippen molar-refractivity contribution in [1.29, 1.82) is 0 Å². The summed E-state index contributed by atoms with van der Waals surface area (Å²) >= 11 is 0. The molecule has 19 heavy (non-hydrogen) atoms. The quantitative estimate of drug-likeness (QED) is 0.855. The summed E-state index contributed by atoms with van der Waals surface area (Å²) in [5.74, 6) is 0.241. The molecule has 1 aromatic carbocycles. The smallest absolute Gasteiger partial charge is 0.328 e. The second-order valence-corrected chi connectivity index (χ2v) is 4.56. The molecular formula is C13H13N3O3. The van der Waals surface area contributed by atoms with Crippen LogP contribution in [-0.4, -0.2) is 30.9 Å². The van der Waals surface area contributed by atoms with E-state index >= 15 is 0 Å². The molecule has 0 radical (unpaired) electrons. The van der Waals surface area contributed by atoms with Crippen molar-refractivity contribution in [2.75, 3.05) is 0 Å². The van der Waals surface area contributed by atoms with Gasteiger partial charge in [-0.1, -0.05) is 12.1 Å². The molecule has 1 aromatic heterocycles. The van der Waals surface area contributed by atoms with Gasteiger partial charge in [-0.2, -0.15) is 0 Å². The summed E-state index contributed by atoms with van der Waals surface area (Å²) in [5, 5.41) is 23.2. The summed E-state index contributed by atoms with van der Waals surface area (Å²) in [4.78, 5) is 15.5. The second kappa shape index (κ2) is 4.38. The van der Waals surface area contributed by atoms with Crippen molar-refractivity contribution in [3.63, 3.8) is 0 Å². The monoisotopic (exact) mass is 259 g/mol. The number of carboxylic acids is 1. The first kappa shape index (κ1) is 11.7. The fourth-order valence-electron chi connectivity index (χ4n) is 2.36. The lowest BCUT2D eigenvalue weighted by molar-refractivity contribution is -0.141. The highest BCUT2D eigenvalue weighted by Gasteiger charge is 2.29. The SMILES string of the molecule is O=C(O)C1CCCc2nc(-c3ccccc3O)nn21. The molecule has 6 nitrogen and oxygen atoms in total. The summed E-state index contributed by atoms with van der Waals surface area (Å²) in [6.45, 7) is 0. The van der Waals surface area contributed by atoms with Crippen LogP contribution in [0.4, 0.5) is 0 Å². The minimum atomic E-state index is -0.894. The van der Waals surface area contributed by atoms with Gasteiger partial charge in [0.2, 0.25) is 0 Å². The number of aromatic nitrogens is 3. The van der Waals surface area contributed by atoms with Crippen molar-refractivity contribution in [1.82, 2.24) is 14.8 Å². The van der Waals surface area contributed by atoms with Crippen molar-refractivity contribution < 1.29 is 15.0 Å². The van der Waals surface area contributed by atoms with Gasteiger partial charge in [-0.25, -0.2) is 14.5 Å². The molecule has 1 unspecified atom stereocenters. The standard InChI is InChI=1S/C13H13N3O3/c17-10-6-2-1-4-8(10)12-14-11-7-3-5-9(13(18)19)16(11)15-12/h1-2,4,6,9,17H,3,5,7H2,(H,18,19). The van der Waals surface area contributed by atoms with Gasteiger partial charge >= 0.3 is 5.97 Å². The van der Waals surface area contributed by atoms with Gasteiger partial charge in [0, 0.05) is 6.42 Å². The van der Waals surface area contributed by atoms with Gasteiger partial charge in [0.1, 0.15) is 11.6 Å². The number of phenols is 1. The number of aromatic hydroxyl groups is 1. The van der Waals surface area contributed by atoms with Gasteiger partial charge in [-0.15, -0.1) is 5.10 Å².